The SMILES string of the molecule is O=C(Cc1ccc(S(=O)(=O)C(F)F)cc1)N1C[C@@H]2CCC[C@@]2(C(=O)O)C1. The van der Waals surface area contributed by atoms with E-state index in [4.69, 9.17) is 0 Å². The average molecular weight is 387 g/mol. The summed E-state index contributed by atoms with van der Waals surface area (Å²) < 4.78 is 47.9. The van der Waals surface area contributed by atoms with E-state index in [1.165, 1.54) is 12.1 Å². The Kier molecular flexibility index (Phi) is 4.76. The van der Waals surface area contributed by atoms with Crippen molar-refractivity contribution in [2.45, 2.75) is 36.3 Å². The molecule has 1 amide bonds. The van der Waals surface area contributed by atoms with E-state index in [0.29, 0.717) is 18.5 Å². The van der Waals surface area contributed by atoms with Crippen molar-refractivity contribution in [1.82, 2.24) is 4.90 Å². The molecule has 1 saturated carbocycles. The number of carboxylic acids is 1. The van der Waals surface area contributed by atoms with Crippen molar-refractivity contribution in [3.8, 4) is 0 Å². The first kappa shape index (κ1) is 18.8. The fourth-order valence-electron chi connectivity index (χ4n) is 4.02. The van der Waals surface area contributed by atoms with Gasteiger partial charge in [0.1, 0.15) is 0 Å². The Morgan fingerprint density at radius 3 is 2.46 bits per heavy atom. The molecule has 0 aromatic heterocycles. The number of carboxylic acid groups (broad SMARTS) is 1. The van der Waals surface area contributed by atoms with E-state index in [1.807, 2.05) is 0 Å². The number of carbonyl (C=O) groups excluding carboxylic acids is 1. The zero-order valence-electron chi connectivity index (χ0n) is 13.9. The van der Waals surface area contributed by atoms with Crippen LogP contribution in [0.3, 0.4) is 0 Å². The number of amides is 1. The van der Waals surface area contributed by atoms with Gasteiger partial charge in [-0.05, 0) is 36.5 Å². The summed E-state index contributed by atoms with van der Waals surface area (Å²) >= 11 is 0. The lowest BCUT2D eigenvalue weighted by Crippen LogP contribution is -2.37. The number of nitrogens with zero attached hydrogens (tertiary/aromatic N) is 1. The Hall–Kier alpha value is -2.03. The molecule has 2 fully saturated rings. The largest absolute Gasteiger partial charge is 0.481 e. The van der Waals surface area contributed by atoms with Gasteiger partial charge in [-0.25, -0.2) is 8.42 Å². The molecule has 2 atom stereocenters. The van der Waals surface area contributed by atoms with Crippen LogP contribution in [-0.2, 0) is 25.8 Å². The van der Waals surface area contributed by atoms with E-state index < -0.39 is 31.9 Å². The number of halogens is 2. The van der Waals surface area contributed by atoms with Gasteiger partial charge in [-0.2, -0.15) is 8.78 Å². The predicted molar refractivity (Wildman–Crippen MR) is 87.3 cm³/mol. The smallest absolute Gasteiger partial charge is 0.341 e. The standard InChI is InChI=1S/C17H19F2NO5S/c18-16(19)26(24,25)13-5-3-11(4-6-13)8-14(21)20-9-12-2-1-7-17(12,10-20)15(22)23/h3-6,12,16H,1-2,7-10H2,(H,22,23)/t12-,17+/m0/s1. The molecule has 3 rings (SSSR count). The van der Waals surface area contributed by atoms with Crippen LogP contribution in [0.25, 0.3) is 0 Å². The maximum absolute atomic E-state index is 12.5. The third-order valence-corrected chi connectivity index (χ3v) is 6.89. The summed E-state index contributed by atoms with van der Waals surface area (Å²) in [5.41, 5.74) is -0.366. The Labute approximate surface area is 149 Å². The van der Waals surface area contributed by atoms with Gasteiger partial charge in [0.2, 0.25) is 15.7 Å². The highest BCUT2D eigenvalue weighted by molar-refractivity contribution is 7.91. The van der Waals surface area contributed by atoms with Crippen LogP contribution in [-0.4, -0.2) is 49.1 Å². The van der Waals surface area contributed by atoms with Crippen LogP contribution in [0.1, 0.15) is 24.8 Å². The second-order valence-electron chi connectivity index (χ2n) is 6.95. The van der Waals surface area contributed by atoms with Crippen molar-refractivity contribution in [3.63, 3.8) is 0 Å². The van der Waals surface area contributed by atoms with Crippen molar-refractivity contribution in [1.29, 1.82) is 0 Å². The number of benzene rings is 1. The first-order valence-electron chi connectivity index (χ1n) is 8.29. The van der Waals surface area contributed by atoms with Crippen molar-refractivity contribution < 1.29 is 31.9 Å². The lowest BCUT2D eigenvalue weighted by atomic mass is 9.81. The monoisotopic (exact) mass is 387 g/mol. The molecule has 9 heteroatoms. The van der Waals surface area contributed by atoms with E-state index >= 15 is 0 Å². The molecule has 26 heavy (non-hydrogen) atoms. The number of hydrogen-bond acceptors (Lipinski definition) is 4. The van der Waals surface area contributed by atoms with Crippen molar-refractivity contribution in [2.75, 3.05) is 13.1 Å². The molecule has 1 N–H and O–H groups in total. The second kappa shape index (κ2) is 6.61. The molecule has 1 aromatic carbocycles. The third kappa shape index (κ3) is 3.08. The summed E-state index contributed by atoms with van der Waals surface area (Å²) in [5.74, 6) is -4.64. The predicted octanol–water partition coefficient (Wildman–Crippen LogP) is 1.94. The lowest BCUT2D eigenvalue weighted by molar-refractivity contribution is -0.149. The minimum absolute atomic E-state index is 0.0303. The van der Waals surface area contributed by atoms with Crippen molar-refractivity contribution in [3.05, 3.63) is 29.8 Å². The molecule has 6 nitrogen and oxygen atoms in total. The molecule has 1 aliphatic heterocycles. The van der Waals surface area contributed by atoms with Gasteiger partial charge < -0.3 is 10.0 Å². The average Bonchev–Trinajstić information content (AvgIpc) is 3.13. The van der Waals surface area contributed by atoms with E-state index in [1.54, 1.807) is 4.90 Å². The molecule has 1 aromatic rings. The topological polar surface area (TPSA) is 91.8 Å². The highest BCUT2D eigenvalue weighted by Crippen LogP contribution is 2.48. The Morgan fingerprint density at radius 1 is 1.27 bits per heavy atom. The third-order valence-electron chi connectivity index (χ3n) is 5.49. The van der Waals surface area contributed by atoms with Crippen molar-refractivity contribution in [2.24, 2.45) is 11.3 Å². The minimum Gasteiger partial charge on any atom is -0.481 e. The number of likely N-dealkylation sites (tertiary alicyclic amines) is 1. The Bertz CT molecular complexity index is 824. The molecule has 1 aliphatic carbocycles. The molecular formula is C17H19F2NO5S. The number of aliphatic carboxylic acids is 1. The van der Waals surface area contributed by atoms with Crippen LogP contribution < -0.4 is 0 Å². The molecule has 0 spiro atoms. The molecule has 0 unspecified atom stereocenters. The maximum Gasteiger partial charge on any atom is 0.341 e. The molecule has 1 saturated heterocycles. The maximum atomic E-state index is 12.5. The summed E-state index contributed by atoms with van der Waals surface area (Å²) in [6.45, 7) is 0.590. The van der Waals surface area contributed by atoms with E-state index in [9.17, 15) is 31.9 Å². The van der Waals surface area contributed by atoms with E-state index in [-0.39, 0.29) is 24.8 Å². The quantitative estimate of drug-likeness (QED) is 0.834. The molecule has 0 radical (unpaired) electrons. The molecule has 0 bridgehead atoms. The van der Waals surface area contributed by atoms with Crippen LogP contribution in [0, 0.1) is 11.3 Å². The van der Waals surface area contributed by atoms with Gasteiger partial charge in [-0.1, -0.05) is 18.6 Å². The van der Waals surface area contributed by atoms with Gasteiger partial charge in [0.25, 0.3) is 0 Å². The van der Waals surface area contributed by atoms with Crippen LogP contribution >= 0.6 is 0 Å². The van der Waals surface area contributed by atoms with Gasteiger partial charge >= 0.3 is 11.7 Å². The molecule has 142 valence electrons. The van der Waals surface area contributed by atoms with E-state index in [0.717, 1.165) is 25.0 Å². The summed E-state index contributed by atoms with van der Waals surface area (Å²) in [5, 5.41) is 9.56. The first-order valence-corrected chi connectivity index (χ1v) is 9.83. The second-order valence-corrected chi connectivity index (χ2v) is 8.87. The lowest BCUT2D eigenvalue weighted by Gasteiger charge is -2.23. The minimum atomic E-state index is -4.66. The van der Waals surface area contributed by atoms with Gasteiger partial charge in [0.05, 0.1) is 16.7 Å². The van der Waals surface area contributed by atoms with Crippen LogP contribution in [0.5, 0.6) is 0 Å². The van der Waals surface area contributed by atoms with Gasteiger partial charge in [-0.15, -0.1) is 0 Å². The highest BCUT2D eigenvalue weighted by atomic mass is 32.2. The normalized spacial score (nSPS) is 25.5. The number of alkyl halides is 2. The van der Waals surface area contributed by atoms with Crippen molar-refractivity contribution >= 4 is 21.7 Å². The number of carbonyl (C=O) groups is 2. The number of hydrogen-bond donors (Lipinski definition) is 1. The van der Waals surface area contributed by atoms with Crippen LogP contribution in [0.15, 0.2) is 29.2 Å². The Balaban J connectivity index is 1.69. The first-order chi connectivity index (χ1) is 12.2. The number of rotatable bonds is 5. The van der Waals surface area contributed by atoms with Gasteiger partial charge in [0, 0.05) is 13.1 Å². The summed E-state index contributed by atoms with van der Waals surface area (Å²) in [6.07, 6.45) is 2.17. The molecule has 1 heterocycles. The van der Waals surface area contributed by atoms with Crippen LogP contribution in [0.2, 0.25) is 0 Å². The molecular weight excluding hydrogens is 368 g/mol. The summed E-state index contributed by atoms with van der Waals surface area (Å²) in [4.78, 5) is 25.2. The summed E-state index contributed by atoms with van der Waals surface area (Å²) in [7, 11) is -4.66. The fraction of sp³-hybridized carbons (Fsp3) is 0.529. The zero-order valence-corrected chi connectivity index (χ0v) is 14.7. The highest BCUT2D eigenvalue weighted by Gasteiger charge is 2.55. The molecule has 2 aliphatic rings. The summed E-state index contributed by atoms with van der Waals surface area (Å²) in [6, 6.07) is 4.77. The van der Waals surface area contributed by atoms with E-state index in [2.05, 4.69) is 0 Å². The number of sulfone groups is 1. The van der Waals surface area contributed by atoms with Gasteiger partial charge in [0.15, 0.2) is 0 Å². The Morgan fingerprint density at radius 2 is 1.92 bits per heavy atom. The zero-order chi connectivity index (χ0) is 19.1. The van der Waals surface area contributed by atoms with Gasteiger partial charge in [-0.3, -0.25) is 9.59 Å². The fourth-order valence-corrected chi connectivity index (χ4v) is 4.74. The number of fused-ring (bicyclic) bond motifs is 1. The van der Waals surface area contributed by atoms with Crippen LogP contribution in [0.4, 0.5) is 8.78 Å².